The number of carbonyl (C=O) groups excluding carboxylic acids is 1. The van der Waals surface area contributed by atoms with Crippen LogP contribution in [0.1, 0.15) is 55.0 Å². The number of amides is 1. The molecular formula is C26H34Cl2N6O2. The molecule has 4 rings (SSSR count). The number of hydrogen-bond donors (Lipinski definition) is 2. The van der Waals surface area contributed by atoms with E-state index in [9.17, 15) is 4.79 Å². The van der Waals surface area contributed by atoms with E-state index in [0.717, 1.165) is 26.2 Å². The summed E-state index contributed by atoms with van der Waals surface area (Å²) in [5, 5.41) is 16.1. The Labute approximate surface area is 224 Å². The lowest BCUT2D eigenvalue weighted by Crippen LogP contribution is -2.74. The van der Waals surface area contributed by atoms with Crippen molar-refractivity contribution in [3.63, 3.8) is 0 Å². The Morgan fingerprint density at radius 3 is 2.28 bits per heavy atom. The molecule has 2 heterocycles. The Hall–Kier alpha value is -2.60. The van der Waals surface area contributed by atoms with Gasteiger partial charge in [-0.2, -0.15) is 5.26 Å². The predicted octanol–water partition coefficient (Wildman–Crippen LogP) is 4.06. The highest BCUT2D eigenvalue weighted by Gasteiger charge is 2.64. The molecule has 8 nitrogen and oxygen atoms in total. The second-order valence-electron chi connectivity index (χ2n) is 10.6. The van der Waals surface area contributed by atoms with Gasteiger partial charge >= 0.3 is 0 Å². The van der Waals surface area contributed by atoms with Gasteiger partial charge in [0.15, 0.2) is 0 Å². The summed E-state index contributed by atoms with van der Waals surface area (Å²) in [6.45, 7) is 15.6. The van der Waals surface area contributed by atoms with E-state index in [4.69, 9.17) is 21.6 Å². The lowest BCUT2D eigenvalue weighted by molar-refractivity contribution is -0.164. The minimum absolute atomic E-state index is 0. The van der Waals surface area contributed by atoms with Gasteiger partial charge < -0.3 is 20.3 Å². The molecule has 0 radical (unpaired) electrons. The van der Waals surface area contributed by atoms with Crippen LogP contribution in [0.2, 0.25) is 5.02 Å². The highest BCUT2D eigenvalue weighted by Crippen LogP contribution is 2.55. The third kappa shape index (κ3) is 4.97. The van der Waals surface area contributed by atoms with E-state index in [2.05, 4.69) is 59.3 Å². The van der Waals surface area contributed by atoms with Crippen molar-refractivity contribution >= 4 is 35.9 Å². The van der Waals surface area contributed by atoms with Gasteiger partial charge in [-0.15, -0.1) is 12.4 Å². The standard InChI is InChI=1S/C26H33ClN6O2.ClH/c1-15-20(16(2)31-24(30-15)33-11-9-29-10-12-33)21(34)32-22-25(3,4)23(26(22,5)6)35-18-8-7-17(14-28)19(27)13-18;/h7-8,13,22-23,29H,9-12H2,1-6H3,(H,32,34);1H/t22-,23-;. The van der Waals surface area contributed by atoms with Crippen LogP contribution in [0.25, 0.3) is 0 Å². The molecule has 2 N–H and O–H groups in total. The first-order valence-corrected chi connectivity index (χ1v) is 12.3. The SMILES string of the molecule is Cc1nc(N2CCNCC2)nc(C)c1C(=O)N[C@H]1C(C)(C)[C@H](Oc2ccc(C#N)c(Cl)c2)C1(C)C.Cl. The average molecular weight is 534 g/mol. The van der Waals surface area contributed by atoms with Gasteiger partial charge in [0.25, 0.3) is 5.91 Å². The zero-order valence-electron chi connectivity index (χ0n) is 21.6. The van der Waals surface area contributed by atoms with Crippen LogP contribution in [0.5, 0.6) is 5.75 Å². The number of nitriles is 1. The molecule has 0 spiro atoms. The van der Waals surface area contributed by atoms with Crippen molar-refractivity contribution in [1.29, 1.82) is 5.26 Å². The predicted molar refractivity (Wildman–Crippen MR) is 143 cm³/mol. The topological polar surface area (TPSA) is 103 Å². The molecule has 10 heteroatoms. The van der Waals surface area contributed by atoms with Crippen molar-refractivity contribution in [2.24, 2.45) is 10.8 Å². The zero-order valence-corrected chi connectivity index (χ0v) is 23.2. The van der Waals surface area contributed by atoms with Gasteiger partial charge in [0.05, 0.1) is 27.5 Å². The van der Waals surface area contributed by atoms with E-state index in [1.807, 2.05) is 13.8 Å². The number of ether oxygens (including phenoxy) is 1. The Morgan fingerprint density at radius 1 is 1.17 bits per heavy atom. The van der Waals surface area contributed by atoms with Crippen LogP contribution >= 0.6 is 24.0 Å². The normalized spacial score (nSPS) is 22.0. The summed E-state index contributed by atoms with van der Waals surface area (Å²) in [5.41, 5.74) is 1.61. The fourth-order valence-electron chi connectivity index (χ4n) is 5.83. The Kier molecular flexibility index (Phi) is 8.09. The summed E-state index contributed by atoms with van der Waals surface area (Å²) >= 11 is 6.19. The van der Waals surface area contributed by atoms with Crippen molar-refractivity contribution in [3.05, 3.63) is 45.7 Å². The van der Waals surface area contributed by atoms with Gasteiger partial charge in [0, 0.05) is 49.1 Å². The quantitative estimate of drug-likeness (QED) is 0.598. The average Bonchev–Trinajstić information content (AvgIpc) is 2.81. The summed E-state index contributed by atoms with van der Waals surface area (Å²) < 4.78 is 6.33. The van der Waals surface area contributed by atoms with E-state index >= 15 is 0 Å². The molecule has 1 aromatic heterocycles. The third-order valence-electron chi connectivity index (χ3n) is 7.32. The fourth-order valence-corrected chi connectivity index (χ4v) is 6.05. The molecule has 1 amide bonds. The maximum atomic E-state index is 13.4. The highest BCUT2D eigenvalue weighted by atomic mass is 35.5. The summed E-state index contributed by atoms with van der Waals surface area (Å²) in [5.74, 6) is 1.11. The molecule has 1 aliphatic heterocycles. The number of halogens is 2. The summed E-state index contributed by atoms with van der Waals surface area (Å²) in [4.78, 5) is 24.9. The molecule has 0 unspecified atom stereocenters. The number of aromatic nitrogens is 2. The lowest BCUT2D eigenvalue weighted by Gasteiger charge is -2.63. The van der Waals surface area contributed by atoms with Crippen LogP contribution in [0.4, 0.5) is 5.95 Å². The molecule has 0 bridgehead atoms. The number of carbonyl (C=O) groups is 1. The van der Waals surface area contributed by atoms with Crippen LogP contribution in [-0.2, 0) is 0 Å². The minimum Gasteiger partial charge on any atom is -0.489 e. The van der Waals surface area contributed by atoms with Crippen LogP contribution in [-0.4, -0.2) is 54.2 Å². The molecular weight excluding hydrogens is 499 g/mol. The van der Waals surface area contributed by atoms with Gasteiger partial charge in [-0.3, -0.25) is 4.79 Å². The number of nitrogens with one attached hydrogen (secondary N) is 2. The van der Waals surface area contributed by atoms with Crippen molar-refractivity contribution in [3.8, 4) is 11.8 Å². The van der Waals surface area contributed by atoms with Gasteiger partial charge in [0.1, 0.15) is 17.9 Å². The van der Waals surface area contributed by atoms with Crippen molar-refractivity contribution in [2.45, 2.75) is 53.7 Å². The van der Waals surface area contributed by atoms with E-state index in [1.54, 1.807) is 18.2 Å². The van der Waals surface area contributed by atoms with E-state index in [1.165, 1.54) is 0 Å². The molecule has 1 aromatic carbocycles. The Morgan fingerprint density at radius 2 is 1.75 bits per heavy atom. The number of nitrogens with zero attached hydrogens (tertiary/aromatic N) is 4. The van der Waals surface area contributed by atoms with E-state index in [-0.39, 0.29) is 41.3 Å². The highest BCUT2D eigenvalue weighted by molar-refractivity contribution is 6.31. The molecule has 1 aliphatic carbocycles. The van der Waals surface area contributed by atoms with Gasteiger partial charge in [-0.1, -0.05) is 39.3 Å². The number of piperazine rings is 1. The van der Waals surface area contributed by atoms with E-state index in [0.29, 0.717) is 39.2 Å². The largest absolute Gasteiger partial charge is 0.489 e. The number of benzene rings is 1. The number of aryl methyl sites for hydroxylation is 2. The molecule has 1 saturated carbocycles. The number of rotatable bonds is 5. The van der Waals surface area contributed by atoms with Gasteiger partial charge in [-0.05, 0) is 26.0 Å². The molecule has 36 heavy (non-hydrogen) atoms. The lowest BCUT2D eigenvalue weighted by atomic mass is 9.49. The first-order chi connectivity index (χ1) is 16.5. The first kappa shape index (κ1) is 28.0. The first-order valence-electron chi connectivity index (χ1n) is 11.9. The number of anilines is 1. The third-order valence-corrected chi connectivity index (χ3v) is 7.63. The monoisotopic (exact) mass is 532 g/mol. The Bertz CT molecular complexity index is 1150. The van der Waals surface area contributed by atoms with Crippen LogP contribution < -0.4 is 20.3 Å². The molecule has 194 valence electrons. The molecule has 2 fully saturated rings. The van der Waals surface area contributed by atoms with Crippen molar-refractivity contribution < 1.29 is 9.53 Å². The smallest absolute Gasteiger partial charge is 0.255 e. The minimum atomic E-state index is -0.344. The summed E-state index contributed by atoms with van der Waals surface area (Å²) in [6.07, 6.45) is -0.169. The maximum Gasteiger partial charge on any atom is 0.255 e. The second kappa shape index (κ2) is 10.4. The van der Waals surface area contributed by atoms with Crippen LogP contribution in [0, 0.1) is 36.0 Å². The number of hydrogen-bond acceptors (Lipinski definition) is 7. The Balaban J connectivity index is 0.00000361. The summed E-state index contributed by atoms with van der Waals surface area (Å²) in [6, 6.07) is 7.01. The molecule has 0 atom stereocenters. The second-order valence-corrected chi connectivity index (χ2v) is 11.0. The van der Waals surface area contributed by atoms with E-state index < -0.39 is 0 Å². The van der Waals surface area contributed by atoms with Gasteiger partial charge in [0.2, 0.25) is 5.95 Å². The molecule has 1 saturated heterocycles. The molecule has 2 aliphatic rings. The van der Waals surface area contributed by atoms with Gasteiger partial charge in [-0.25, -0.2) is 9.97 Å². The van der Waals surface area contributed by atoms with Crippen LogP contribution in [0.3, 0.4) is 0 Å². The fraction of sp³-hybridized carbons (Fsp3) is 0.538. The van der Waals surface area contributed by atoms with Crippen molar-refractivity contribution in [2.75, 3.05) is 31.1 Å². The maximum absolute atomic E-state index is 13.4. The summed E-state index contributed by atoms with van der Waals surface area (Å²) in [7, 11) is 0. The zero-order chi connectivity index (χ0) is 25.5. The molecule has 2 aromatic rings. The van der Waals surface area contributed by atoms with Crippen molar-refractivity contribution in [1.82, 2.24) is 20.6 Å². The van der Waals surface area contributed by atoms with Crippen LogP contribution in [0.15, 0.2) is 18.2 Å².